The summed E-state index contributed by atoms with van der Waals surface area (Å²) in [5, 5.41) is 11.9. The van der Waals surface area contributed by atoms with Crippen LogP contribution >= 0.6 is 11.3 Å². The Hall–Kier alpha value is -2.26. The van der Waals surface area contributed by atoms with Crippen LogP contribution in [0.15, 0.2) is 34.7 Å². The molecule has 1 amide bonds. The first-order valence-corrected chi connectivity index (χ1v) is 9.55. The molecule has 1 aromatic carbocycles. The number of aromatic nitrogens is 1. The Kier molecular flexibility index (Phi) is 4.77. The number of nitrogens with zero attached hydrogens (tertiary/aromatic N) is 1. The Morgan fingerprint density at radius 2 is 1.79 bits per heavy atom. The lowest BCUT2D eigenvalue weighted by atomic mass is 9.94. The molecule has 2 rings (SSSR count). The summed E-state index contributed by atoms with van der Waals surface area (Å²) >= 11 is 0.465. The average Bonchev–Trinajstić information content (AvgIpc) is 2.93. The van der Waals surface area contributed by atoms with Gasteiger partial charge < -0.3 is 10.4 Å². The van der Waals surface area contributed by atoms with E-state index in [2.05, 4.69) is 10.3 Å². The minimum Gasteiger partial charge on any atom is -0.477 e. The third-order valence-electron chi connectivity index (χ3n) is 3.26. The molecule has 1 aromatic heterocycles. The zero-order chi connectivity index (χ0) is 18.1. The highest BCUT2D eigenvalue weighted by atomic mass is 32.2. The number of benzene rings is 1. The lowest BCUT2D eigenvalue weighted by Crippen LogP contribution is -2.41. The number of nitrogens with one attached hydrogen (secondary N) is 1. The molecule has 7 nitrogen and oxygen atoms in total. The van der Waals surface area contributed by atoms with E-state index in [1.165, 1.54) is 0 Å². The third-order valence-corrected chi connectivity index (χ3v) is 5.98. The lowest BCUT2D eigenvalue weighted by Gasteiger charge is -2.26. The van der Waals surface area contributed by atoms with Crippen LogP contribution in [0.4, 0.5) is 0 Å². The maximum Gasteiger partial charge on any atom is 0.348 e. The number of sulfone groups is 1. The summed E-state index contributed by atoms with van der Waals surface area (Å²) < 4.78 is 22.7. The summed E-state index contributed by atoms with van der Waals surface area (Å²) in [5.74, 6) is -2.14. The van der Waals surface area contributed by atoms with Crippen molar-refractivity contribution in [1.29, 1.82) is 0 Å². The molecule has 0 aliphatic rings. The van der Waals surface area contributed by atoms with Crippen LogP contribution in [0.3, 0.4) is 0 Å². The van der Waals surface area contributed by atoms with Crippen molar-refractivity contribution < 1.29 is 23.1 Å². The van der Waals surface area contributed by atoms with Gasteiger partial charge in [-0.3, -0.25) is 4.79 Å². The standard InChI is InChI=1S/C15H16N2O5S2/c1-15(2,9-7-5-4-6-8-9)17-12(18)10-11(13(19)20)23-14(16-10)24(3,21)22/h4-8H,1-3H3,(H,17,18)(H,19,20). The summed E-state index contributed by atoms with van der Waals surface area (Å²) in [6, 6.07) is 9.11. The number of carboxylic acid groups (broad SMARTS) is 1. The summed E-state index contributed by atoms with van der Waals surface area (Å²) in [6.07, 6.45) is 0.910. The molecule has 0 aliphatic carbocycles. The van der Waals surface area contributed by atoms with Crippen LogP contribution in [-0.2, 0) is 15.4 Å². The highest BCUT2D eigenvalue weighted by molar-refractivity contribution is 7.92. The predicted octanol–water partition coefficient (Wildman–Crippen LogP) is 1.91. The third kappa shape index (κ3) is 3.80. The molecule has 0 fully saturated rings. The van der Waals surface area contributed by atoms with E-state index in [-0.39, 0.29) is 0 Å². The van der Waals surface area contributed by atoms with Crippen molar-refractivity contribution in [2.24, 2.45) is 0 Å². The zero-order valence-electron chi connectivity index (χ0n) is 13.2. The van der Waals surface area contributed by atoms with Gasteiger partial charge in [0.05, 0.1) is 5.54 Å². The zero-order valence-corrected chi connectivity index (χ0v) is 14.9. The molecular weight excluding hydrogens is 352 g/mol. The molecule has 2 aromatic rings. The van der Waals surface area contributed by atoms with Crippen molar-refractivity contribution in [2.45, 2.75) is 23.7 Å². The summed E-state index contributed by atoms with van der Waals surface area (Å²) in [4.78, 5) is 27.1. The van der Waals surface area contributed by atoms with Gasteiger partial charge in [-0.2, -0.15) is 0 Å². The van der Waals surface area contributed by atoms with E-state index in [4.69, 9.17) is 0 Å². The largest absolute Gasteiger partial charge is 0.477 e. The van der Waals surface area contributed by atoms with E-state index in [0.717, 1.165) is 11.8 Å². The van der Waals surface area contributed by atoms with Gasteiger partial charge in [0.25, 0.3) is 5.91 Å². The molecule has 1 heterocycles. The van der Waals surface area contributed by atoms with Crippen molar-refractivity contribution in [3.8, 4) is 0 Å². The van der Waals surface area contributed by atoms with Crippen LogP contribution in [0.5, 0.6) is 0 Å². The van der Waals surface area contributed by atoms with Crippen LogP contribution in [-0.4, -0.2) is 36.6 Å². The Bertz CT molecular complexity index is 886. The first kappa shape index (κ1) is 18.1. The highest BCUT2D eigenvalue weighted by Crippen LogP contribution is 2.25. The van der Waals surface area contributed by atoms with Gasteiger partial charge in [0, 0.05) is 6.26 Å². The summed E-state index contributed by atoms with van der Waals surface area (Å²) in [7, 11) is -3.70. The van der Waals surface area contributed by atoms with Crippen LogP contribution in [0.2, 0.25) is 0 Å². The number of thiazole rings is 1. The monoisotopic (exact) mass is 368 g/mol. The number of aromatic carboxylic acids is 1. The van der Waals surface area contributed by atoms with E-state index in [0.29, 0.717) is 11.3 Å². The van der Waals surface area contributed by atoms with E-state index in [1.807, 2.05) is 30.3 Å². The number of rotatable bonds is 5. The number of hydrogen-bond donors (Lipinski definition) is 2. The maximum absolute atomic E-state index is 12.5. The molecule has 24 heavy (non-hydrogen) atoms. The molecule has 0 saturated heterocycles. The molecule has 0 unspecified atom stereocenters. The van der Waals surface area contributed by atoms with Crippen LogP contribution in [0, 0.1) is 0 Å². The second kappa shape index (κ2) is 6.33. The predicted molar refractivity (Wildman–Crippen MR) is 89.1 cm³/mol. The van der Waals surface area contributed by atoms with Crippen molar-refractivity contribution >= 4 is 33.1 Å². The highest BCUT2D eigenvalue weighted by Gasteiger charge is 2.30. The van der Waals surface area contributed by atoms with Crippen molar-refractivity contribution in [3.63, 3.8) is 0 Å². The second-order valence-electron chi connectivity index (χ2n) is 5.68. The number of hydrogen-bond acceptors (Lipinski definition) is 6. The van der Waals surface area contributed by atoms with Gasteiger partial charge in [-0.25, -0.2) is 18.2 Å². The van der Waals surface area contributed by atoms with Gasteiger partial charge in [0.1, 0.15) is 4.88 Å². The fourth-order valence-electron chi connectivity index (χ4n) is 2.03. The summed E-state index contributed by atoms with van der Waals surface area (Å²) in [5.41, 5.74) is -0.381. The molecule has 0 aliphatic heterocycles. The molecule has 9 heteroatoms. The quantitative estimate of drug-likeness (QED) is 0.833. The molecule has 2 N–H and O–H groups in total. The molecule has 128 valence electrons. The fraction of sp³-hybridized carbons (Fsp3) is 0.267. The number of amides is 1. The van der Waals surface area contributed by atoms with Gasteiger partial charge in [-0.15, -0.1) is 0 Å². The van der Waals surface area contributed by atoms with Crippen LogP contribution < -0.4 is 5.32 Å². The van der Waals surface area contributed by atoms with Crippen LogP contribution in [0.1, 0.15) is 39.6 Å². The van der Waals surface area contributed by atoms with Gasteiger partial charge in [-0.1, -0.05) is 41.7 Å². The maximum atomic E-state index is 12.5. The van der Waals surface area contributed by atoms with E-state index in [9.17, 15) is 23.1 Å². The lowest BCUT2D eigenvalue weighted by molar-refractivity contribution is 0.0694. The smallest absolute Gasteiger partial charge is 0.348 e. The molecule has 0 saturated carbocycles. The minimum absolute atomic E-state index is 0.400. The molecular formula is C15H16N2O5S2. The molecule has 0 spiro atoms. The Morgan fingerprint density at radius 3 is 2.29 bits per heavy atom. The minimum atomic E-state index is -3.70. The van der Waals surface area contributed by atoms with Gasteiger partial charge in [-0.05, 0) is 19.4 Å². The number of carboxylic acids is 1. The Balaban J connectivity index is 2.40. The topological polar surface area (TPSA) is 113 Å². The van der Waals surface area contributed by atoms with Gasteiger partial charge >= 0.3 is 5.97 Å². The normalized spacial score (nSPS) is 12.0. The first-order valence-electron chi connectivity index (χ1n) is 6.84. The summed E-state index contributed by atoms with van der Waals surface area (Å²) in [6.45, 7) is 3.51. The van der Waals surface area contributed by atoms with E-state index >= 15 is 0 Å². The van der Waals surface area contributed by atoms with E-state index < -0.39 is 42.2 Å². The van der Waals surface area contributed by atoms with Crippen LogP contribution in [0.25, 0.3) is 0 Å². The van der Waals surface area contributed by atoms with Crippen molar-refractivity contribution in [2.75, 3.05) is 6.26 Å². The first-order chi connectivity index (χ1) is 11.0. The van der Waals surface area contributed by atoms with Gasteiger partial charge in [0.15, 0.2) is 5.69 Å². The molecule has 0 bridgehead atoms. The van der Waals surface area contributed by atoms with Gasteiger partial charge in [0.2, 0.25) is 14.2 Å². The molecule has 0 radical (unpaired) electrons. The Morgan fingerprint density at radius 1 is 1.21 bits per heavy atom. The second-order valence-corrected chi connectivity index (χ2v) is 8.87. The Labute approximate surface area is 143 Å². The SMILES string of the molecule is CC(C)(NC(=O)c1nc(S(C)(=O)=O)sc1C(=O)O)c1ccccc1. The van der Waals surface area contributed by atoms with Crippen molar-refractivity contribution in [1.82, 2.24) is 10.3 Å². The average molecular weight is 368 g/mol. The fourth-order valence-corrected chi connectivity index (χ4v) is 3.77. The number of carbonyl (C=O) groups is 2. The van der Waals surface area contributed by atoms with E-state index in [1.54, 1.807) is 13.8 Å². The number of carbonyl (C=O) groups excluding carboxylic acids is 1. The van der Waals surface area contributed by atoms with Crippen molar-refractivity contribution in [3.05, 3.63) is 46.5 Å². The molecule has 0 atom stereocenters.